The van der Waals surface area contributed by atoms with Crippen LogP contribution in [0.4, 0.5) is 4.39 Å². The van der Waals surface area contributed by atoms with E-state index in [0.29, 0.717) is 25.1 Å². The maximum atomic E-state index is 14.8. The zero-order chi connectivity index (χ0) is 19.2. The van der Waals surface area contributed by atoms with Gasteiger partial charge in [-0.3, -0.25) is 4.79 Å². The summed E-state index contributed by atoms with van der Waals surface area (Å²) in [5, 5.41) is 2.74. The second kappa shape index (κ2) is 8.88. The van der Waals surface area contributed by atoms with E-state index in [1.807, 2.05) is 41.8 Å². The molecule has 0 spiro atoms. The molecule has 3 aromatic rings. The van der Waals surface area contributed by atoms with E-state index in [4.69, 9.17) is 5.73 Å². The highest BCUT2D eigenvalue weighted by atomic mass is 32.1. The number of hydrogen-bond donors (Lipinski definition) is 1. The highest BCUT2D eigenvalue weighted by Gasteiger charge is 2.22. The molecule has 0 aliphatic carbocycles. The van der Waals surface area contributed by atoms with E-state index in [0.717, 1.165) is 16.1 Å². The summed E-state index contributed by atoms with van der Waals surface area (Å²) in [5.74, 6) is -0.493. The molecular weight excluding hydrogens is 361 g/mol. The van der Waals surface area contributed by atoms with E-state index in [2.05, 4.69) is 4.98 Å². The third-order valence-corrected chi connectivity index (χ3v) is 5.36. The molecule has 0 saturated heterocycles. The molecule has 1 unspecified atom stereocenters. The van der Waals surface area contributed by atoms with Gasteiger partial charge in [0.25, 0.3) is 0 Å². The summed E-state index contributed by atoms with van der Waals surface area (Å²) in [6, 6.07) is 14.7. The first kappa shape index (κ1) is 19.2. The number of nitrogens with zero attached hydrogens (tertiary/aromatic N) is 2. The van der Waals surface area contributed by atoms with Crippen LogP contribution in [-0.4, -0.2) is 35.9 Å². The third-order valence-electron chi connectivity index (χ3n) is 4.47. The maximum absolute atomic E-state index is 14.8. The van der Waals surface area contributed by atoms with Gasteiger partial charge in [0.15, 0.2) is 0 Å². The Kier molecular flexibility index (Phi) is 6.32. The van der Waals surface area contributed by atoms with Gasteiger partial charge < -0.3 is 10.6 Å². The standard InChI is InChI=1S/C21H22FN3OS/c1-25(20(26)9-10-23)14-18(21-24-11-12-27-21)16-7-8-17(19(22)13-16)15-5-3-2-4-6-15/h2-8,11-13,18H,9-10,14,23H2,1H3. The lowest BCUT2D eigenvalue weighted by Crippen LogP contribution is -2.32. The highest BCUT2D eigenvalue weighted by Crippen LogP contribution is 2.31. The van der Waals surface area contributed by atoms with Crippen molar-refractivity contribution in [1.82, 2.24) is 9.88 Å². The first-order valence-electron chi connectivity index (χ1n) is 8.78. The molecule has 2 aromatic carbocycles. The third kappa shape index (κ3) is 4.59. The lowest BCUT2D eigenvalue weighted by Gasteiger charge is -2.23. The van der Waals surface area contributed by atoms with Crippen LogP contribution in [0.2, 0.25) is 0 Å². The van der Waals surface area contributed by atoms with Gasteiger partial charge in [-0.05, 0) is 17.2 Å². The number of rotatable bonds is 7. The lowest BCUT2D eigenvalue weighted by atomic mass is 9.95. The molecule has 0 aliphatic rings. The van der Waals surface area contributed by atoms with E-state index in [9.17, 15) is 9.18 Å². The SMILES string of the molecule is CN(CC(c1ccc(-c2ccccc2)c(F)c1)c1nccs1)C(=O)CCN. The maximum Gasteiger partial charge on any atom is 0.223 e. The molecule has 0 aliphatic heterocycles. The topological polar surface area (TPSA) is 59.2 Å². The summed E-state index contributed by atoms with van der Waals surface area (Å²) < 4.78 is 14.8. The number of thiazole rings is 1. The summed E-state index contributed by atoms with van der Waals surface area (Å²) >= 11 is 1.50. The monoisotopic (exact) mass is 383 g/mol. The number of nitrogens with two attached hydrogens (primary N) is 1. The van der Waals surface area contributed by atoms with E-state index in [1.165, 1.54) is 11.3 Å². The van der Waals surface area contributed by atoms with E-state index in [-0.39, 0.29) is 17.6 Å². The molecule has 27 heavy (non-hydrogen) atoms. The molecule has 6 heteroatoms. The fourth-order valence-electron chi connectivity index (χ4n) is 3.02. The number of carbonyl (C=O) groups is 1. The number of amides is 1. The molecule has 3 rings (SSSR count). The summed E-state index contributed by atoms with van der Waals surface area (Å²) in [6.07, 6.45) is 2.02. The molecule has 140 valence electrons. The normalized spacial score (nSPS) is 12.0. The minimum atomic E-state index is -0.281. The van der Waals surface area contributed by atoms with Crippen LogP contribution in [0, 0.1) is 5.82 Å². The van der Waals surface area contributed by atoms with E-state index >= 15 is 0 Å². The Morgan fingerprint density at radius 2 is 2.04 bits per heavy atom. The number of likely N-dealkylation sites (N-methyl/N-ethyl adjacent to an activating group) is 1. The number of carbonyl (C=O) groups excluding carboxylic acids is 1. The molecule has 4 nitrogen and oxygen atoms in total. The predicted octanol–water partition coefficient (Wildman–Crippen LogP) is 3.89. The molecule has 0 saturated carbocycles. The minimum Gasteiger partial charge on any atom is -0.345 e. The van der Waals surface area contributed by atoms with Gasteiger partial charge in [-0.1, -0.05) is 42.5 Å². The lowest BCUT2D eigenvalue weighted by molar-refractivity contribution is -0.129. The summed E-state index contributed by atoms with van der Waals surface area (Å²) in [7, 11) is 1.74. The van der Waals surface area contributed by atoms with Crippen LogP contribution in [0.25, 0.3) is 11.1 Å². The van der Waals surface area contributed by atoms with Crippen LogP contribution in [-0.2, 0) is 4.79 Å². The van der Waals surface area contributed by atoms with Gasteiger partial charge in [-0.15, -0.1) is 11.3 Å². The van der Waals surface area contributed by atoms with Gasteiger partial charge in [-0.25, -0.2) is 9.37 Å². The number of hydrogen-bond acceptors (Lipinski definition) is 4. The van der Waals surface area contributed by atoms with E-state index in [1.54, 1.807) is 30.3 Å². The van der Waals surface area contributed by atoms with Gasteiger partial charge >= 0.3 is 0 Å². The van der Waals surface area contributed by atoms with Crippen LogP contribution in [0.15, 0.2) is 60.1 Å². The molecule has 0 radical (unpaired) electrons. The van der Waals surface area contributed by atoms with Crippen molar-refractivity contribution in [1.29, 1.82) is 0 Å². The van der Waals surface area contributed by atoms with Gasteiger partial charge in [0.05, 0.1) is 5.92 Å². The van der Waals surface area contributed by atoms with Crippen molar-refractivity contribution < 1.29 is 9.18 Å². The fourth-order valence-corrected chi connectivity index (χ4v) is 3.78. The average molecular weight is 383 g/mol. The number of benzene rings is 2. The first-order chi connectivity index (χ1) is 13.1. The summed E-state index contributed by atoms with van der Waals surface area (Å²) in [6.45, 7) is 0.738. The van der Waals surface area contributed by atoms with Crippen LogP contribution < -0.4 is 5.73 Å². The molecule has 0 bridgehead atoms. The zero-order valence-electron chi connectivity index (χ0n) is 15.1. The van der Waals surface area contributed by atoms with Gasteiger partial charge in [-0.2, -0.15) is 0 Å². The highest BCUT2D eigenvalue weighted by molar-refractivity contribution is 7.09. The summed E-state index contributed by atoms with van der Waals surface area (Å²) in [4.78, 5) is 18.2. The predicted molar refractivity (Wildman–Crippen MR) is 107 cm³/mol. The zero-order valence-corrected chi connectivity index (χ0v) is 16.0. The molecule has 1 atom stereocenters. The Bertz CT molecular complexity index is 884. The Labute approximate surface area is 162 Å². The molecule has 1 aromatic heterocycles. The number of halogens is 1. The van der Waals surface area contributed by atoms with Crippen molar-refractivity contribution in [3.05, 3.63) is 76.5 Å². The van der Waals surface area contributed by atoms with Crippen LogP contribution in [0.5, 0.6) is 0 Å². The van der Waals surface area contributed by atoms with Crippen molar-refractivity contribution in [2.24, 2.45) is 5.73 Å². The quantitative estimate of drug-likeness (QED) is 0.673. The molecule has 1 heterocycles. The second-order valence-electron chi connectivity index (χ2n) is 6.34. The van der Waals surface area contributed by atoms with Crippen LogP contribution >= 0.6 is 11.3 Å². The Morgan fingerprint density at radius 3 is 2.67 bits per heavy atom. The van der Waals surface area contributed by atoms with Crippen LogP contribution in [0.3, 0.4) is 0 Å². The summed E-state index contributed by atoms with van der Waals surface area (Å²) in [5.41, 5.74) is 7.68. The molecular formula is C21H22FN3OS. The first-order valence-corrected chi connectivity index (χ1v) is 9.66. The molecule has 1 amide bonds. The molecule has 2 N–H and O–H groups in total. The van der Waals surface area contributed by atoms with Gasteiger partial charge in [0.2, 0.25) is 5.91 Å². The average Bonchev–Trinajstić information content (AvgIpc) is 3.21. The largest absolute Gasteiger partial charge is 0.345 e. The Hall–Kier alpha value is -2.57. The van der Waals surface area contributed by atoms with Crippen molar-refractivity contribution in [2.45, 2.75) is 12.3 Å². The molecule has 0 fully saturated rings. The Balaban J connectivity index is 1.91. The smallest absolute Gasteiger partial charge is 0.223 e. The van der Waals surface area contributed by atoms with Crippen molar-refractivity contribution in [2.75, 3.05) is 20.1 Å². The Morgan fingerprint density at radius 1 is 1.26 bits per heavy atom. The fraction of sp³-hybridized carbons (Fsp3) is 0.238. The van der Waals surface area contributed by atoms with Crippen molar-refractivity contribution in [3.63, 3.8) is 0 Å². The van der Waals surface area contributed by atoms with Crippen LogP contribution in [0.1, 0.15) is 22.9 Å². The van der Waals surface area contributed by atoms with Crippen molar-refractivity contribution in [3.8, 4) is 11.1 Å². The van der Waals surface area contributed by atoms with Crippen molar-refractivity contribution >= 4 is 17.2 Å². The van der Waals surface area contributed by atoms with Gasteiger partial charge in [0.1, 0.15) is 10.8 Å². The van der Waals surface area contributed by atoms with Gasteiger partial charge in [0, 0.05) is 43.7 Å². The second-order valence-corrected chi connectivity index (χ2v) is 7.27. The minimum absolute atomic E-state index is 0.0274. The number of aromatic nitrogens is 1. The van der Waals surface area contributed by atoms with E-state index < -0.39 is 0 Å².